The van der Waals surface area contributed by atoms with Gasteiger partial charge in [0.2, 0.25) is 0 Å². The molecule has 1 unspecified atom stereocenters. The van der Waals surface area contributed by atoms with E-state index < -0.39 is 11.2 Å². The molecular formula is C18H15BrOS. The molecule has 0 aliphatic rings. The van der Waals surface area contributed by atoms with Gasteiger partial charge < -0.3 is 4.55 Å². The Hall–Kier alpha value is -1.29. The van der Waals surface area contributed by atoms with Crippen molar-refractivity contribution >= 4 is 37.9 Å². The van der Waals surface area contributed by atoms with Gasteiger partial charge in [0, 0.05) is 16.1 Å². The van der Waals surface area contributed by atoms with Crippen molar-refractivity contribution in [3.05, 3.63) is 76.3 Å². The minimum atomic E-state index is -1.02. The molecule has 0 heterocycles. The molecule has 1 nitrogen and oxygen atoms in total. The van der Waals surface area contributed by atoms with Gasteiger partial charge in [0.05, 0.1) is 0 Å². The van der Waals surface area contributed by atoms with Crippen LogP contribution in [0.2, 0.25) is 0 Å². The Morgan fingerprint density at radius 3 is 2.52 bits per heavy atom. The van der Waals surface area contributed by atoms with Crippen LogP contribution in [0.25, 0.3) is 10.8 Å². The molecular weight excluding hydrogens is 344 g/mol. The minimum Gasteiger partial charge on any atom is -0.611 e. The summed E-state index contributed by atoms with van der Waals surface area (Å²) >= 11 is 2.46. The zero-order chi connectivity index (χ0) is 14.8. The number of fused-ring (bicyclic) bond motifs is 1. The van der Waals surface area contributed by atoms with Gasteiger partial charge in [0.15, 0.2) is 4.90 Å². The Morgan fingerprint density at radius 2 is 1.71 bits per heavy atom. The summed E-state index contributed by atoms with van der Waals surface area (Å²) < 4.78 is 13.6. The summed E-state index contributed by atoms with van der Waals surface area (Å²) in [7, 11) is 0. The van der Waals surface area contributed by atoms with E-state index in [9.17, 15) is 4.55 Å². The topological polar surface area (TPSA) is 23.1 Å². The van der Waals surface area contributed by atoms with Gasteiger partial charge in [-0.2, -0.15) is 0 Å². The first-order valence-corrected chi connectivity index (χ1v) is 8.86. The molecule has 0 bridgehead atoms. The predicted molar refractivity (Wildman–Crippen MR) is 92.9 cm³/mol. The molecule has 0 amide bonds. The molecule has 0 spiro atoms. The number of benzene rings is 3. The van der Waals surface area contributed by atoms with Crippen LogP contribution >= 0.6 is 15.9 Å². The van der Waals surface area contributed by atoms with Crippen molar-refractivity contribution < 1.29 is 4.55 Å². The second kappa shape index (κ2) is 6.22. The number of halogens is 1. The summed E-state index contributed by atoms with van der Waals surface area (Å²) in [6.07, 6.45) is 0. The lowest BCUT2D eigenvalue weighted by Crippen LogP contribution is -2.05. The van der Waals surface area contributed by atoms with E-state index in [-0.39, 0.29) is 0 Å². The van der Waals surface area contributed by atoms with Gasteiger partial charge >= 0.3 is 0 Å². The van der Waals surface area contributed by atoms with Gasteiger partial charge in [-0.05, 0) is 53.1 Å². The average Bonchev–Trinajstić information content (AvgIpc) is 2.46. The summed E-state index contributed by atoms with van der Waals surface area (Å²) in [5, 5.41) is 2.27. The number of hydrogen-bond donors (Lipinski definition) is 0. The molecule has 3 aromatic carbocycles. The van der Waals surface area contributed by atoms with Gasteiger partial charge in [0.1, 0.15) is 5.75 Å². The normalized spacial score (nSPS) is 12.5. The molecule has 0 radical (unpaired) electrons. The summed E-state index contributed by atoms with van der Waals surface area (Å²) in [5.74, 6) is 0.559. The maximum atomic E-state index is 12.5. The highest BCUT2D eigenvalue weighted by atomic mass is 79.9. The van der Waals surface area contributed by atoms with Gasteiger partial charge in [-0.25, -0.2) is 0 Å². The van der Waals surface area contributed by atoms with Crippen molar-refractivity contribution in [2.75, 3.05) is 0 Å². The first-order chi connectivity index (χ1) is 10.1. The van der Waals surface area contributed by atoms with Crippen molar-refractivity contribution in [2.24, 2.45) is 0 Å². The summed E-state index contributed by atoms with van der Waals surface area (Å²) in [6, 6.07) is 20.3. The lowest BCUT2D eigenvalue weighted by atomic mass is 10.1. The molecule has 0 N–H and O–H groups in total. The van der Waals surface area contributed by atoms with E-state index in [0.29, 0.717) is 5.75 Å². The fourth-order valence-electron chi connectivity index (χ4n) is 2.37. The quantitative estimate of drug-likeness (QED) is 0.588. The van der Waals surface area contributed by atoms with Crippen LogP contribution in [0, 0.1) is 6.92 Å². The Bertz CT molecular complexity index is 785. The fourth-order valence-corrected chi connectivity index (χ4v) is 3.88. The van der Waals surface area contributed by atoms with Crippen LogP contribution in [0.1, 0.15) is 11.1 Å². The summed E-state index contributed by atoms with van der Waals surface area (Å²) in [6.45, 7) is 2.06. The SMILES string of the molecule is Cc1cccc(C[S+]([O-])c2ccc3cc(Br)ccc3c2)c1. The molecule has 0 fully saturated rings. The first kappa shape index (κ1) is 14.6. The molecule has 3 aromatic rings. The number of aryl methyl sites for hydroxylation is 1. The van der Waals surface area contributed by atoms with Crippen LogP contribution in [0.5, 0.6) is 0 Å². The molecule has 0 aliphatic heterocycles. The van der Waals surface area contributed by atoms with Gasteiger partial charge in [0.25, 0.3) is 0 Å². The predicted octanol–water partition coefficient (Wildman–Crippen LogP) is 5.22. The van der Waals surface area contributed by atoms with E-state index in [2.05, 4.69) is 41.1 Å². The average molecular weight is 359 g/mol. The smallest absolute Gasteiger partial charge is 0.153 e. The molecule has 0 aromatic heterocycles. The largest absolute Gasteiger partial charge is 0.611 e. The number of hydrogen-bond acceptors (Lipinski definition) is 1. The van der Waals surface area contributed by atoms with Crippen molar-refractivity contribution in [3.8, 4) is 0 Å². The van der Waals surface area contributed by atoms with Crippen molar-refractivity contribution in [1.29, 1.82) is 0 Å². The van der Waals surface area contributed by atoms with Gasteiger partial charge in [-0.3, -0.25) is 0 Å². The highest BCUT2D eigenvalue weighted by molar-refractivity contribution is 9.10. The second-order valence-corrected chi connectivity index (χ2v) is 7.50. The molecule has 0 aliphatic carbocycles. The highest BCUT2D eigenvalue weighted by Crippen LogP contribution is 2.24. The zero-order valence-electron chi connectivity index (χ0n) is 11.7. The Balaban J connectivity index is 1.87. The standard InChI is InChI=1S/C18H15BrOS/c1-13-3-2-4-14(9-13)12-21(20)18-8-6-15-10-17(19)7-5-16(15)11-18/h2-11H,12H2,1H3. The maximum absolute atomic E-state index is 12.5. The third-order valence-corrected chi connectivity index (χ3v) is 5.29. The molecule has 0 saturated carbocycles. The van der Waals surface area contributed by atoms with E-state index in [1.807, 2.05) is 42.5 Å². The van der Waals surface area contributed by atoms with Crippen molar-refractivity contribution in [1.82, 2.24) is 0 Å². The Morgan fingerprint density at radius 1 is 0.952 bits per heavy atom. The third kappa shape index (κ3) is 3.49. The summed E-state index contributed by atoms with van der Waals surface area (Å²) in [5.41, 5.74) is 2.32. The molecule has 3 rings (SSSR count). The Labute approximate surface area is 136 Å². The zero-order valence-corrected chi connectivity index (χ0v) is 14.1. The number of rotatable bonds is 3. The van der Waals surface area contributed by atoms with Gasteiger partial charge in [-0.1, -0.05) is 51.8 Å². The van der Waals surface area contributed by atoms with Crippen LogP contribution in [0.15, 0.2) is 70.0 Å². The van der Waals surface area contributed by atoms with Crippen molar-refractivity contribution in [2.45, 2.75) is 17.6 Å². The van der Waals surface area contributed by atoms with Crippen molar-refractivity contribution in [3.63, 3.8) is 0 Å². The first-order valence-electron chi connectivity index (χ1n) is 6.75. The fraction of sp³-hybridized carbons (Fsp3) is 0.111. The maximum Gasteiger partial charge on any atom is 0.153 e. The van der Waals surface area contributed by atoms with Crippen LogP contribution < -0.4 is 0 Å². The van der Waals surface area contributed by atoms with Crippen LogP contribution in [0.4, 0.5) is 0 Å². The van der Waals surface area contributed by atoms with Crippen LogP contribution in [-0.4, -0.2) is 4.55 Å². The molecule has 3 heteroatoms. The third-order valence-electron chi connectivity index (χ3n) is 3.42. The van der Waals surface area contributed by atoms with E-state index in [1.54, 1.807) is 0 Å². The molecule has 21 heavy (non-hydrogen) atoms. The van der Waals surface area contributed by atoms with Crippen LogP contribution in [-0.2, 0) is 16.9 Å². The second-order valence-electron chi connectivity index (χ2n) is 5.13. The lowest BCUT2D eigenvalue weighted by Gasteiger charge is -2.11. The minimum absolute atomic E-state index is 0.559. The van der Waals surface area contributed by atoms with E-state index in [0.717, 1.165) is 25.7 Å². The summed E-state index contributed by atoms with van der Waals surface area (Å²) in [4.78, 5) is 0.881. The lowest BCUT2D eigenvalue weighted by molar-refractivity contribution is 0.594. The van der Waals surface area contributed by atoms with Gasteiger partial charge in [-0.15, -0.1) is 0 Å². The van der Waals surface area contributed by atoms with Crippen LogP contribution in [0.3, 0.4) is 0 Å². The highest BCUT2D eigenvalue weighted by Gasteiger charge is 2.12. The molecule has 106 valence electrons. The molecule has 1 atom stereocenters. The van der Waals surface area contributed by atoms with E-state index in [4.69, 9.17) is 0 Å². The monoisotopic (exact) mass is 358 g/mol. The Kier molecular flexibility index (Phi) is 4.34. The molecule has 0 saturated heterocycles. The van der Waals surface area contributed by atoms with E-state index >= 15 is 0 Å². The van der Waals surface area contributed by atoms with E-state index in [1.165, 1.54) is 5.56 Å².